The monoisotopic (exact) mass is 241 g/mol. The van der Waals surface area contributed by atoms with Crippen molar-refractivity contribution >= 4 is 17.7 Å². The topological polar surface area (TPSA) is 29.1 Å². The Morgan fingerprint density at radius 1 is 1.44 bits per heavy atom. The first-order valence-electron chi connectivity index (χ1n) is 5.71. The van der Waals surface area contributed by atoms with E-state index in [-0.39, 0.29) is 11.8 Å². The predicted octanol–water partition coefficient (Wildman–Crippen LogP) is 3.91. The quantitative estimate of drug-likeness (QED) is 0.764. The highest BCUT2D eigenvalue weighted by Gasteiger charge is 2.07. The van der Waals surface area contributed by atoms with Gasteiger partial charge in [0.05, 0.1) is 5.03 Å². The summed E-state index contributed by atoms with van der Waals surface area (Å²) in [6.45, 7) is 14.0. The zero-order valence-corrected chi connectivity index (χ0v) is 11.8. The fourth-order valence-electron chi connectivity index (χ4n) is 0.913. The van der Waals surface area contributed by atoms with E-state index in [1.54, 1.807) is 0 Å². The Bertz CT molecular complexity index is 282. The fourth-order valence-corrected chi connectivity index (χ4v) is 1.63. The molecule has 0 aromatic heterocycles. The maximum absolute atomic E-state index is 11.4. The molecule has 1 amide bonds. The average molecular weight is 241 g/mol. The maximum Gasteiger partial charge on any atom is 0.227 e. The molecule has 0 bridgehead atoms. The minimum Gasteiger partial charge on any atom is -0.321 e. The Labute approximate surface area is 104 Å². The molecule has 0 aliphatic rings. The van der Waals surface area contributed by atoms with Crippen LogP contribution in [0, 0.1) is 11.8 Å². The van der Waals surface area contributed by atoms with Crippen LogP contribution in [0.15, 0.2) is 22.6 Å². The molecule has 2 nitrogen and oxygen atoms in total. The first kappa shape index (κ1) is 15.3. The molecule has 0 saturated heterocycles. The van der Waals surface area contributed by atoms with Crippen LogP contribution in [-0.2, 0) is 4.79 Å². The number of hydrogen-bond acceptors (Lipinski definition) is 2. The van der Waals surface area contributed by atoms with Gasteiger partial charge in [-0.15, -0.1) is 0 Å². The molecule has 0 fully saturated rings. The van der Waals surface area contributed by atoms with Crippen LogP contribution in [0.1, 0.15) is 41.0 Å². The van der Waals surface area contributed by atoms with Crippen molar-refractivity contribution in [3.8, 4) is 0 Å². The van der Waals surface area contributed by atoms with E-state index in [2.05, 4.69) is 38.1 Å². The van der Waals surface area contributed by atoms with Crippen LogP contribution in [0.4, 0.5) is 0 Å². The molecule has 0 saturated carbocycles. The summed E-state index contributed by atoms with van der Waals surface area (Å²) in [5.74, 6) is 0.602. The lowest BCUT2D eigenvalue weighted by Crippen LogP contribution is -2.25. The highest BCUT2D eigenvalue weighted by molar-refractivity contribution is 8.05. The van der Waals surface area contributed by atoms with Gasteiger partial charge in [-0.2, -0.15) is 0 Å². The lowest BCUT2D eigenvalue weighted by atomic mass is 10.0. The first-order chi connectivity index (χ1) is 7.38. The van der Waals surface area contributed by atoms with Crippen LogP contribution in [0.25, 0.3) is 0 Å². The molecule has 0 aliphatic carbocycles. The standard InChI is InChI=1S/C13H23NOS/c1-7-10(4)11(5)8-16-12(6)14-13(15)9(2)3/h8-10H,6-7H2,1-5H3,(H,14,15)/b11-8-/t10-/m0/s1. The summed E-state index contributed by atoms with van der Waals surface area (Å²) >= 11 is 1.49. The van der Waals surface area contributed by atoms with Crippen LogP contribution >= 0.6 is 11.8 Å². The fraction of sp³-hybridized carbons (Fsp3) is 0.615. The molecule has 0 aliphatic heterocycles. The number of carbonyl (C=O) groups is 1. The van der Waals surface area contributed by atoms with Gasteiger partial charge in [-0.1, -0.05) is 51.6 Å². The van der Waals surface area contributed by atoms with Crippen molar-refractivity contribution in [1.82, 2.24) is 5.32 Å². The van der Waals surface area contributed by atoms with Crippen LogP contribution in [-0.4, -0.2) is 5.91 Å². The largest absolute Gasteiger partial charge is 0.321 e. The Kier molecular flexibility index (Phi) is 7.22. The van der Waals surface area contributed by atoms with E-state index in [0.29, 0.717) is 10.9 Å². The zero-order valence-electron chi connectivity index (χ0n) is 11.0. The highest BCUT2D eigenvalue weighted by atomic mass is 32.2. The molecule has 0 aromatic carbocycles. The molecule has 0 aromatic rings. The molecule has 0 rings (SSSR count). The number of rotatable bonds is 6. The molecule has 0 spiro atoms. The third kappa shape index (κ3) is 6.01. The Morgan fingerprint density at radius 2 is 2.00 bits per heavy atom. The predicted molar refractivity (Wildman–Crippen MR) is 72.9 cm³/mol. The summed E-state index contributed by atoms with van der Waals surface area (Å²) in [7, 11) is 0. The van der Waals surface area contributed by atoms with Crippen LogP contribution in [0.5, 0.6) is 0 Å². The molecule has 1 atom stereocenters. The summed E-state index contributed by atoms with van der Waals surface area (Å²) in [6.07, 6.45) is 1.13. The van der Waals surface area contributed by atoms with Crippen LogP contribution in [0.3, 0.4) is 0 Å². The third-order valence-electron chi connectivity index (χ3n) is 2.56. The van der Waals surface area contributed by atoms with E-state index in [1.807, 2.05) is 13.8 Å². The van der Waals surface area contributed by atoms with E-state index in [0.717, 1.165) is 6.42 Å². The van der Waals surface area contributed by atoms with Crippen molar-refractivity contribution < 1.29 is 4.79 Å². The molecular formula is C13H23NOS. The van der Waals surface area contributed by atoms with Crippen LogP contribution in [0.2, 0.25) is 0 Å². The van der Waals surface area contributed by atoms with Gasteiger partial charge >= 0.3 is 0 Å². The minimum absolute atomic E-state index is 0.00279. The van der Waals surface area contributed by atoms with Crippen molar-refractivity contribution in [3.05, 3.63) is 22.6 Å². The van der Waals surface area contributed by atoms with E-state index < -0.39 is 0 Å². The van der Waals surface area contributed by atoms with Gasteiger partial charge in [0.2, 0.25) is 5.91 Å². The zero-order chi connectivity index (χ0) is 12.7. The molecule has 92 valence electrons. The Hall–Kier alpha value is -0.700. The van der Waals surface area contributed by atoms with Gasteiger partial charge in [-0.3, -0.25) is 4.79 Å². The highest BCUT2D eigenvalue weighted by Crippen LogP contribution is 2.21. The third-order valence-corrected chi connectivity index (χ3v) is 3.44. The van der Waals surface area contributed by atoms with E-state index in [4.69, 9.17) is 0 Å². The Morgan fingerprint density at radius 3 is 2.44 bits per heavy atom. The molecule has 0 heterocycles. The number of allylic oxidation sites excluding steroid dienone is 1. The van der Waals surface area contributed by atoms with Gasteiger partial charge in [0, 0.05) is 5.92 Å². The summed E-state index contributed by atoms with van der Waals surface area (Å²) in [5, 5.41) is 5.54. The van der Waals surface area contributed by atoms with Crippen molar-refractivity contribution in [3.63, 3.8) is 0 Å². The van der Waals surface area contributed by atoms with Gasteiger partial charge in [0.1, 0.15) is 0 Å². The summed E-state index contributed by atoms with van der Waals surface area (Å²) in [4.78, 5) is 11.4. The number of amides is 1. The normalized spacial score (nSPS) is 13.8. The number of nitrogens with one attached hydrogen (secondary N) is 1. The van der Waals surface area contributed by atoms with Gasteiger partial charge in [0.15, 0.2) is 0 Å². The number of hydrogen-bond donors (Lipinski definition) is 1. The minimum atomic E-state index is -0.00279. The lowest BCUT2D eigenvalue weighted by molar-refractivity contribution is -0.123. The van der Waals surface area contributed by atoms with E-state index >= 15 is 0 Å². The van der Waals surface area contributed by atoms with Gasteiger partial charge < -0.3 is 5.32 Å². The summed E-state index contributed by atoms with van der Waals surface area (Å²) in [6, 6.07) is 0. The molecule has 16 heavy (non-hydrogen) atoms. The molecule has 0 radical (unpaired) electrons. The second kappa shape index (κ2) is 7.55. The van der Waals surface area contributed by atoms with Crippen molar-refractivity contribution in [2.75, 3.05) is 0 Å². The van der Waals surface area contributed by atoms with Gasteiger partial charge in [0.25, 0.3) is 0 Å². The maximum atomic E-state index is 11.4. The van der Waals surface area contributed by atoms with Crippen molar-refractivity contribution in [2.45, 2.75) is 41.0 Å². The number of carbonyl (C=O) groups excluding carboxylic acids is 1. The molecule has 0 unspecified atom stereocenters. The summed E-state index contributed by atoms with van der Waals surface area (Å²) < 4.78 is 0. The second-order valence-electron chi connectivity index (χ2n) is 4.36. The van der Waals surface area contributed by atoms with E-state index in [9.17, 15) is 4.79 Å². The average Bonchev–Trinajstić information content (AvgIpc) is 2.24. The second-order valence-corrected chi connectivity index (χ2v) is 5.32. The van der Waals surface area contributed by atoms with Gasteiger partial charge in [-0.05, 0) is 24.7 Å². The van der Waals surface area contributed by atoms with Crippen LogP contribution < -0.4 is 5.32 Å². The Balaban J connectivity index is 4.12. The summed E-state index contributed by atoms with van der Waals surface area (Å²) in [5.41, 5.74) is 1.33. The molecular weight excluding hydrogens is 218 g/mol. The van der Waals surface area contributed by atoms with E-state index in [1.165, 1.54) is 17.3 Å². The van der Waals surface area contributed by atoms with Crippen molar-refractivity contribution in [2.24, 2.45) is 11.8 Å². The molecule has 3 heteroatoms. The lowest BCUT2D eigenvalue weighted by Gasteiger charge is -2.11. The van der Waals surface area contributed by atoms with Crippen molar-refractivity contribution in [1.29, 1.82) is 0 Å². The molecule has 1 N–H and O–H groups in total. The smallest absolute Gasteiger partial charge is 0.227 e. The first-order valence-corrected chi connectivity index (χ1v) is 6.59. The number of thioether (sulfide) groups is 1. The SMILES string of the molecule is C=C(NC(=O)C(C)C)S/C=C(/C)[C@@H](C)CC. The van der Waals surface area contributed by atoms with Gasteiger partial charge in [-0.25, -0.2) is 0 Å².